The SMILES string of the molecule is CCNC(CO)CCOCCOCCOCCOC. The highest BCUT2D eigenvalue weighted by Gasteiger charge is 2.04. The Kier molecular flexibility index (Phi) is 15.6. The molecule has 0 saturated carbocycles. The highest BCUT2D eigenvalue weighted by Crippen LogP contribution is 1.92. The maximum Gasteiger partial charge on any atom is 0.0701 e. The van der Waals surface area contributed by atoms with Gasteiger partial charge in [-0.2, -0.15) is 0 Å². The first kappa shape index (κ1) is 18.8. The van der Waals surface area contributed by atoms with Crippen LogP contribution in [0.1, 0.15) is 13.3 Å². The summed E-state index contributed by atoms with van der Waals surface area (Å²) in [6.45, 7) is 7.16. The number of hydrogen-bond acceptors (Lipinski definition) is 6. The van der Waals surface area contributed by atoms with Crippen LogP contribution in [-0.4, -0.2) is 77.7 Å². The van der Waals surface area contributed by atoms with Crippen molar-refractivity contribution in [1.29, 1.82) is 0 Å². The van der Waals surface area contributed by atoms with Crippen molar-refractivity contribution in [3.8, 4) is 0 Å². The van der Waals surface area contributed by atoms with E-state index in [1.807, 2.05) is 6.92 Å². The number of aliphatic hydroxyl groups is 1. The van der Waals surface area contributed by atoms with E-state index in [0.717, 1.165) is 13.0 Å². The number of methoxy groups -OCH3 is 1. The fourth-order valence-corrected chi connectivity index (χ4v) is 1.46. The minimum atomic E-state index is 0.125. The lowest BCUT2D eigenvalue weighted by molar-refractivity contribution is 0.00213. The largest absolute Gasteiger partial charge is 0.395 e. The summed E-state index contributed by atoms with van der Waals surface area (Å²) in [6.07, 6.45) is 0.810. The zero-order valence-electron chi connectivity index (χ0n) is 12.2. The molecule has 0 aliphatic heterocycles. The lowest BCUT2D eigenvalue weighted by atomic mass is 10.2. The number of nitrogens with one attached hydrogen (secondary N) is 1. The molecule has 6 nitrogen and oxygen atoms in total. The maximum atomic E-state index is 9.05. The number of rotatable bonds is 15. The van der Waals surface area contributed by atoms with Gasteiger partial charge in [0.25, 0.3) is 0 Å². The molecule has 0 aliphatic carbocycles. The topological polar surface area (TPSA) is 69.2 Å². The first-order valence-corrected chi connectivity index (χ1v) is 6.91. The van der Waals surface area contributed by atoms with Crippen LogP contribution < -0.4 is 5.32 Å². The fourth-order valence-electron chi connectivity index (χ4n) is 1.46. The minimum Gasteiger partial charge on any atom is -0.395 e. The van der Waals surface area contributed by atoms with Crippen LogP contribution >= 0.6 is 0 Å². The van der Waals surface area contributed by atoms with Crippen LogP contribution in [0.3, 0.4) is 0 Å². The monoisotopic (exact) mass is 279 g/mol. The lowest BCUT2D eigenvalue weighted by Crippen LogP contribution is -2.33. The second kappa shape index (κ2) is 15.8. The van der Waals surface area contributed by atoms with Crippen LogP contribution in [0, 0.1) is 0 Å². The summed E-state index contributed by atoms with van der Waals surface area (Å²) in [5, 5.41) is 12.2. The Labute approximate surface area is 116 Å². The quantitative estimate of drug-likeness (QED) is 0.413. The van der Waals surface area contributed by atoms with Crippen LogP contribution in [0.25, 0.3) is 0 Å². The Morgan fingerprint density at radius 3 is 1.89 bits per heavy atom. The third-order valence-electron chi connectivity index (χ3n) is 2.50. The second-order valence-electron chi connectivity index (χ2n) is 4.06. The Balaban J connectivity index is 3.09. The van der Waals surface area contributed by atoms with Gasteiger partial charge in [0.05, 0.1) is 46.2 Å². The molecule has 0 saturated heterocycles. The highest BCUT2D eigenvalue weighted by molar-refractivity contribution is 4.63. The molecular weight excluding hydrogens is 250 g/mol. The fraction of sp³-hybridized carbons (Fsp3) is 1.00. The third kappa shape index (κ3) is 14.0. The molecule has 0 spiro atoms. The highest BCUT2D eigenvalue weighted by atomic mass is 16.6. The zero-order chi connectivity index (χ0) is 14.2. The summed E-state index contributed by atoms with van der Waals surface area (Å²) in [6, 6.07) is 0.125. The van der Waals surface area contributed by atoms with E-state index < -0.39 is 0 Å². The first-order valence-electron chi connectivity index (χ1n) is 6.91. The predicted molar refractivity (Wildman–Crippen MR) is 73.5 cm³/mol. The maximum absolute atomic E-state index is 9.05. The van der Waals surface area contributed by atoms with Crippen LogP contribution in [-0.2, 0) is 18.9 Å². The normalized spacial score (nSPS) is 12.8. The molecule has 19 heavy (non-hydrogen) atoms. The van der Waals surface area contributed by atoms with Gasteiger partial charge in [-0.1, -0.05) is 6.92 Å². The van der Waals surface area contributed by atoms with Crippen molar-refractivity contribution in [1.82, 2.24) is 5.32 Å². The van der Waals surface area contributed by atoms with E-state index in [9.17, 15) is 0 Å². The van der Waals surface area contributed by atoms with Crippen LogP contribution in [0.4, 0.5) is 0 Å². The van der Waals surface area contributed by atoms with Crippen molar-refractivity contribution >= 4 is 0 Å². The van der Waals surface area contributed by atoms with Crippen molar-refractivity contribution in [2.75, 3.05) is 66.5 Å². The van der Waals surface area contributed by atoms with E-state index in [4.69, 9.17) is 24.1 Å². The summed E-state index contributed by atoms with van der Waals surface area (Å²) in [5.74, 6) is 0. The van der Waals surface area contributed by atoms with E-state index in [2.05, 4.69) is 5.32 Å². The van der Waals surface area contributed by atoms with Crippen molar-refractivity contribution < 1.29 is 24.1 Å². The third-order valence-corrected chi connectivity index (χ3v) is 2.50. The molecule has 0 bridgehead atoms. The molecule has 2 N–H and O–H groups in total. The first-order chi connectivity index (χ1) is 9.35. The van der Waals surface area contributed by atoms with Crippen molar-refractivity contribution in [3.63, 3.8) is 0 Å². The van der Waals surface area contributed by atoms with Crippen LogP contribution in [0.15, 0.2) is 0 Å². The van der Waals surface area contributed by atoms with E-state index in [-0.39, 0.29) is 12.6 Å². The molecule has 0 fully saturated rings. The Morgan fingerprint density at radius 2 is 1.42 bits per heavy atom. The van der Waals surface area contributed by atoms with Gasteiger partial charge in [0, 0.05) is 19.8 Å². The average Bonchev–Trinajstić information content (AvgIpc) is 2.43. The molecule has 0 aliphatic rings. The smallest absolute Gasteiger partial charge is 0.0701 e. The van der Waals surface area contributed by atoms with Gasteiger partial charge in [0.15, 0.2) is 0 Å². The zero-order valence-corrected chi connectivity index (χ0v) is 12.2. The Bertz CT molecular complexity index is 171. The Hall–Kier alpha value is -0.240. The van der Waals surface area contributed by atoms with Gasteiger partial charge in [0.1, 0.15) is 0 Å². The lowest BCUT2D eigenvalue weighted by Gasteiger charge is -2.14. The van der Waals surface area contributed by atoms with Gasteiger partial charge >= 0.3 is 0 Å². The predicted octanol–water partition coefficient (Wildman–Crippen LogP) is 0.0431. The number of aliphatic hydroxyl groups excluding tert-OH is 1. The molecule has 1 unspecified atom stereocenters. The van der Waals surface area contributed by atoms with Gasteiger partial charge in [0.2, 0.25) is 0 Å². The molecule has 1 atom stereocenters. The van der Waals surface area contributed by atoms with E-state index in [0.29, 0.717) is 46.2 Å². The minimum absolute atomic E-state index is 0.125. The number of hydrogen-bond donors (Lipinski definition) is 2. The van der Waals surface area contributed by atoms with Crippen LogP contribution in [0.2, 0.25) is 0 Å². The second-order valence-corrected chi connectivity index (χ2v) is 4.06. The summed E-state index contributed by atoms with van der Waals surface area (Å²) in [5.41, 5.74) is 0. The van der Waals surface area contributed by atoms with Gasteiger partial charge in [-0.3, -0.25) is 0 Å². The van der Waals surface area contributed by atoms with Crippen LogP contribution in [0.5, 0.6) is 0 Å². The van der Waals surface area contributed by atoms with Gasteiger partial charge in [-0.05, 0) is 13.0 Å². The summed E-state index contributed by atoms with van der Waals surface area (Å²) < 4.78 is 20.9. The van der Waals surface area contributed by atoms with E-state index in [1.165, 1.54) is 0 Å². The molecule has 116 valence electrons. The summed E-state index contributed by atoms with van der Waals surface area (Å²) >= 11 is 0. The molecule has 0 radical (unpaired) electrons. The molecule has 0 rings (SSSR count). The molecular formula is C13H29NO5. The van der Waals surface area contributed by atoms with Crippen molar-refractivity contribution in [2.24, 2.45) is 0 Å². The molecule has 0 heterocycles. The molecule has 6 heteroatoms. The average molecular weight is 279 g/mol. The molecule has 0 aromatic carbocycles. The van der Waals surface area contributed by atoms with E-state index >= 15 is 0 Å². The standard InChI is InChI=1S/C13H29NO5/c1-3-14-13(12-15)4-5-17-8-9-19-11-10-18-7-6-16-2/h13-15H,3-12H2,1-2H3. The molecule has 0 amide bonds. The number of ether oxygens (including phenoxy) is 4. The van der Waals surface area contributed by atoms with Gasteiger partial charge < -0.3 is 29.4 Å². The summed E-state index contributed by atoms with van der Waals surface area (Å²) in [4.78, 5) is 0. The summed E-state index contributed by atoms with van der Waals surface area (Å²) in [7, 11) is 1.65. The molecule has 0 aromatic rings. The van der Waals surface area contributed by atoms with Crippen molar-refractivity contribution in [2.45, 2.75) is 19.4 Å². The van der Waals surface area contributed by atoms with Crippen molar-refractivity contribution in [3.05, 3.63) is 0 Å². The number of likely N-dealkylation sites (N-methyl/N-ethyl adjacent to an activating group) is 1. The van der Waals surface area contributed by atoms with Gasteiger partial charge in [-0.25, -0.2) is 0 Å². The van der Waals surface area contributed by atoms with E-state index in [1.54, 1.807) is 7.11 Å². The van der Waals surface area contributed by atoms with Gasteiger partial charge in [-0.15, -0.1) is 0 Å². The molecule has 0 aromatic heterocycles. The Morgan fingerprint density at radius 1 is 0.895 bits per heavy atom.